The predicted octanol–water partition coefficient (Wildman–Crippen LogP) is 1.76. The molecule has 2 aromatic heterocycles. The second kappa shape index (κ2) is 12.5. The Balaban J connectivity index is 0.00000216. The highest BCUT2D eigenvalue weighted by Gasteiger charge is 2.26. The van der Waals surface area contributed by atoms with Gasteiger partial charge in [-0.3, -0.25) is 4.90 Å². The summed E-state index contributed by atoms with van der Waals surface area (Å²) in [6, 6.07) is 6.14. The summed E-state index contributed by atoms with van der Waals surface area (Å²) in [5.41, 5.74) is 3.06. The number of hydrogen-bond donors (Lipinski definition) is 2. The third kappa shape index (κ3) is 6.83. The van der Waals surface area contributed by atoms with Gasteiger partial charge >= 0.3 is 0 Å². The minimum Gasteiger partial charge on any atom is -0.491 e. The number of sulfonamides is 1. The molecular formula is C23H35ClN6O4S. The number of piperazine rings is 1. The molecule has 0 aliphatic carbocycles. The first-order valence-electron chi connectivity index (χ1n) is 11.2. The number of nitrogens with zero attached hydrogens (tertiary/aromatic N) is 4. The van der Waals surface area contributed by atoms with E-state index in [0.29, 0.717) is 11.8 Å². The van der Waals surface area contributed by atoms with Crippen molar-refractivity contribution in [1.82, 2.24) is 24.6 Å². The zero-order valence-electron chi connectivity index (χ0n) is 20.3. The first kappa shape index (κ1) is 28.8. The van der Waals surface area contributed by atoms with Crippen molar-refractivity contribution in [2.75, 3.05) is 45.2 Å². The standard InChI is InChI=1S/C23H32N6O3S.ClH.H2O/c1-17-14-28(9-10-29(17)23-22(32-3)13-25-16-27-23)8-4-5-19-12-26-21-7-6-18(11-20(19)21)15-33(30,31)24-2;;/h6-7,11-13,16-17,24,26H,4-5,8-10,14-15H2,1-3H3;1H;1H2. The third-order valence-corrected chi connectivity index (χ3v) is 7.62. The molecule has 1 atom stereocenters. The van der Waals surface area contributed by atoms with Crippen LogP contribution in [0.2, 0.25) is 0 Å². The summed E-state index contributed by atoms with van der Waals surface area (Å²) in [5.74, 6) is 1.55. The molecule has 1 fully saturated rings. The van der Waals surface area contributed by atoms with E-state index >= 15 is 0 Å². The molecule has 1 saturated heterocycles. The van der Waals surface area contributed by atoms with Crippen LogP contribution in [0.5, 0.6) is 5.75 Å². The van der Waals surface area contributed by atoms with Crippen LogP contribution in [-0.4, -0.2) is 80.1 Å². The summed E-state index contributed by atoms with van der Waals surface area (Å²) in [4.78, 5) is 16.6. The molecule has 194 valence electrons. The minimum absolute atomic E-state index is 0. The normalized spacial score (nSPS) is 16.5. The average molecular weight is 527 g/mol. The Kier molecular flexibility index (Phi) is 10.3. The molecular weight excluding hydrogens is 492 g/mol. The summed E-state index contributed by atoms with van der Waals surface area (Å²) in [6.07, 6.45) is 7.30. The third-order valence-electron chi connectivity index (χ3n) is 6.28. The molecule has 4 N–H and O–H groups in total. The molecule has 0 radical (unpaired) electrons. The van der Waals surface area contributed by atoms with Gasteiger partial charge in [0.15, 0.2) is 11.6 Å². The van der Waals surface area contributed by atoms with E-state index in [0.717, 1.165) is 61.3 Å². The SMILES string of the molecule is CNS(=O)(=O)Cc1ccc2[nH]cc(CCCN3CCN(c4ncncc4OC)C(C)C3)c2c1.Cl.O. The van der Waals surface area contributed by atoms with Gasteiger partial charge in [-0.05, 0) is 56.6 Å². The number of rotatable bonds is 9. The van der Waals surface area contributed by atoms with Gasteiger partial charge in [0.2, 0.25) is 10.0 Å². The van der Waals surface area contributed by atoms with Gasteiger partial charge in [0, 0.05) is 42.8 Å². The molecule has 4 rings (SSSR count). The molecule has 0 bridgehead atoms. The summed E-state index contributed by atoms with van der Waals surface area (Å²) in [6.45, 7) is 6.06. The van der Waals surface area contributed by atoms with Crippen LogP contribution in [0.3, 0.4) is 0 Å². The number of methoxy groups -OCH3 is 1. The molecule has 1 aromatic carbocycles. The second-order valence-electron chi connectivity index (χ2n) is 8.52. The van der Waals surface area contributed by atoms with Gasteiger partial charge in [0.1, 0.15) is 6.33 Å². The Morgan fingerprint density at radius 3 is 2.80 bits per heavy atom. The smallest absolute Gasteiger partial charge is 0.215 e. The Hall–Kier alpha value is -2.44. The lowest BCUT2D eigenvalue weighted by Gasteiger charge is -2.40. The van der Waals surface area contributed by atoms with Crippen molar-refractivity contribution in [2.45, 2.75) is 31.6 Å². The van der Waals surface area contributed by atoms with Crippen molar-refractivity contribution >= 4 is 39.2 Å². The van der Waals surface area contributed by atoms with E-state index in [2.05, 4.69) is 36.4 Å². The van der Waals surface area contributed by atoms with E-state index < -0.39 is 10.0 Å². The molecule has 0 amide bonds. The van der Waals surface area contributed by atoms with Crippen molar-refractivity contribution < 1.29 is 18.6 Å². The molecule has 1 aliphatic rings. The van der Waals surface area contributed by atoms with Crippen LogP contribution in [0.15, 0.2) is 36.9 Å². The zero-order valence-corrected chi connectivity index (χ0v) is 22.0. The number of benzene rings is 1. The van der Waals surface area contributed by atoms with Crippen molar-refractivity contribution in [3.63, 3.8) is 0 Å². The molecule has 1 aliphatic heterocycles. The van der Waals surface area contributed by atoms with E-state index in [1.54, 1.807) is 19.6 Å². The molecule has 12 heteroatoms. The number of nitrogens with one attached hydrogen (secondary N) is 2. The second-order valence-corrected chi connectivity index (χ2v) is 10.4. The lowest BCUT2D eigenvalue weighted by Crippen LogP contribution is -2.52. The Morgan fingerprint density at radius 2 is 2.09 bits per heavy atom. The highest BCUT2D eigenvalue weighted by Crippen LogP contribution is 2.27. The van der Waals surface area contributed by atoms with Gasteiger partial charge in [-0.2, -0.15) is 0 Å². The fourth-order valence-electron chi connectivity index (χ4n) is 4.53. The van der Waals surface area contributed by atoms with Gasteiger partial charge < -0.3 is 20.1 Å². The number of aryl methyl sites for hydroxylation is 1. The first-order valence-corrected chi connectivity index (χ1v) is 12.9. The maximum atomic E-state index is 11.9. The van der Waals surface area contributed by atoms with Crippen LogP contribution in [0.4, 0.5) is 5.82 Å². The molecule has 35 heavy (non-hydrogen) atoms. The topological polar surface area (TPSA) is 135 Å². The summed E-state index contributed by atoms with van der Waals surface area (Å²) in [5, 5.41) is 1.10. The van der Waals surface area contributed by atoms with Crippen LogP contribution >= 0.6 is 12.4 Å². The number of fused-ring (bicyclic) bond motifs is 1. The average Bonchev–Trinajstić information content (AvgIpc) is 3.21. The largest absolute Gasteiger partial charge is 0.491 e. The number of aromatic nitrogens is 3. The maximum Gasteiger partial charge on any atom is 0.215 e. The fraction of sp³-hybridized carbons (Fsp3) is 0.478. The number of anilines is 1. The van der Waals surface area contributed by atoms with Gasteiger partial charge in [-0.15, -0.1) is 12.4 Å². The maximum absolute atomic E-state index is 11.9. The number of H-pyrrole nitrogens is 1. The lowest BCUT2D eigenvalue weighted by molar-refractivity contribution is 0.225. The Morgan fingerprint density at radius 1 is 1.29 bits per heavy atom. The van der Waals surface area contributed by atoms with Crippen LogP contribution < -0.4 is 14.4 Å². The molecule has 0 saturated carbocycles. The van der Waals surface area contributed by atoms with Crippen molar-refractivity contribution in [2.24, 2.45) is 0 Å². The quantitative estimate of drug-likeness (QED) is 0.433. The number of halogens is 1. The van der Waals surface area contributed by atoms with E-state index in [-0.39, 0.29) is 23.6 Å². The van der Waals surface area contributed by atoms with Crippen LogP contribution in [0, 0.1) is 0 Å². The van der Waals surface area contributed by atoms with Crippen molar-refractivity contribution in [3.8, 4) is 5.75 Å². The van der Waals surface area contributed by atoms with Crippen LogP contribution in [0.25, 0.3) is 10.9 Å². The summed E-state index contributed by atoms with van der Waals surface area (Å²) < 4.78 is 31.6. The highest BCUT2D eigenvalue weighted by molar-refractivity contribution is 7.88. The fourth-order valence-corrected chi connectivity index (χ4v) is 5.29. The van der Waals surface area contributed by atoms with E-state index in [1.807, 2.05) is 24.4 Å². The summed E-state index contributed by atoms with van der Waals surface area (Å²) in [7, 11) is -0.196. The molecule has 0 spiro atoms. The monoisotopic (exact) mass is 526 g/mol. The zero-order chi connectivity index (χ0) is 23.4. The van der Waals surface area contributed by atoms with E-state index in [4.69, 9.17) is 4.74 Å². The van der Waals surface area contributed by atoms with Crippen molar-refractivity contribution in [3.05, 3.63) is 48.0 Å². The van der Waals surface area contributed by atoms with E-state index in [1.165, 1.54) is 12.6 Å². The Labute approximate surface area is 212 Å². The lowest BCUT2D eigenvalue weighted by atomic mass is 10.1. The van der Waals surface area contributed by atoms with Crippen LogP contribution in [0.1, 0.15) is 24.5 Å². The van der Waals surface area contributed by atoms with Gasteiger partial charge in [-0.1, -0.05) is 6.07 Å². The van der Waals surface area contributed by atoms with Crippen molar-refractivity contribution in [1.29, 1.82) is 0 Å². The summed E-state index contributed by atoms with van der Waals surface area (Å²) >= 11 is 0. The Bertz CT molecular complexity index is 1210. The molecule has 10 nitrogen and oxygen atoms in total. The van der Waals surface area contributed by atoms with Gasteiger partial charge in [0.05, 0.1) is 19.1 Å². The first-order chi connectivity index (χ1) is 15.9. The van der Waals surface area contributed by atoms with Crippen LogP contribution in [-0.2, 0) is 22.2 Å². The van der Waals surface area contributed by atoms with E-state index in [9.17, 15) is 8.42 Å². The highest BCUT2D eigenvalue weighted by atomic mass is 35.5. The van der Waals surface area contributed by atoms with Gasteiger partial charge in [-0.25, -0.2) is 23.1 Å². The predicted molar refractivity (Wildman–Crippen MR) is 141 cm³/mol. The number of aromatic amines is 1. The number of ether oxygens (including phenoxy) is 1. The molecule has 3 heterocycles. The minimum atomic E-state index is -3.29. The molecule has 1 unspecified atom stereocenters. The molecule has 3 aromatic rings. The van der Waals surface area contributed by atoms with Gasteiger partial charge in [0.25, 0.3) is 0 Å². The number of hydrogen-bond acceptors (Lipinski definition) is 7.